The lowest BCUT2D eigenvalue weighted by Crippen LogP contribution is -2.46. The number of thiophene rings is 1. The average molecular weight is 254 g/mol. The monoisotopic (exact) mass is 254 g/mol. The minimum Gasteiger partial charge on any atom is -0.337 e. The Labute approximate surface area is 108 Å². The summed E-state index contributed by atoms with van der Waals surface area (Å²) in [4.78, 5) is 15.1. The van der Waals surface area contributed by atoms with Crippen LogP contribution in [0.25, 0.3) is 0 Å². The molecule has 2 N–H and O–H groups in total. The number of carbonyl (C=O) groups excluding carboxylic acids is 1. The van der Waals surface area contributed by atoms with Gasteiger partial charge in [-0.25, -0.2) is 0 Å². The van der Waals surface area contributed by atoms with Crippen molar-refractivity contribution in [2.75, 3.05) is 7.05 Å². The van der Waals surface area contributed by atoms with Crippen molar-refractivity contribution in [3.8, 4) is 0 Å². The van der Waals surface area contributed by atoms with E-state index in [-0.39, 0.29) is 17.9 Å². The van der Waals surface area contributed by atoms with Crippen LogP contribution in [0.15, 0.2) is 17.5 Å². The maximum absolute atomic E-state index is 12.2. The molecule has 3 nitrogen and oxygen atoms in total. The Kier molecular flexibility index (Phi) is 5.15. The molecule has 3 atom stereocenters. The van der Waals surface area contributed by atoms with Crippen LogP contribution in [0.1, 0.15) is 38.1 Å². The van der Waals surface area contributed by atoms with Crippen molar-refractivity contribution < 1.29 is 4.79 Å². The quantitative estimate of drug-likeness (QED) is 0.878. The van der Waals surface area contributed by atoms with Crippen LogP contribution in [0.3, 0.4) is 0 Å². The Morgan fingerprint density at radius 1 is 1.53 bits per heavy atom. The zero-order valence-electron chi connectivity index (χ0n) is 11.0. The van der Waals surface area contributed by atoms with Gasteiger partial charge in [0.15, 0.2) is 0 Å². The van der Waals surface area contributed by atoms with Gasteiger partial charge in [0.1, 0.15) is 0 Å². The molecule has 0 aliphatic rings. The first-order valence-electron chi connectivity index (χ1n) is 6.04. The fourth-order valence-corrected chi connectivity index (χ4v) is 2.47. The predicted octanol–water partition coefficient (Wildman–Crippen LogP) is 2.64. The van der Waals surface area contributed by atoms with Crippen LogP contribution in [0.2, 0.25) is 0 Å². The Morgan fingerprint density at radius 3 is 2.65 bits per heavy atom. The van der Waals surface area contributed by atoms with Crippen molar-refractivity contribution in [3.05, 3.63) is 22.4 Å². The molecule has 0 fully saturated rings. The van der Waals surface area contributed by atoms with Gasteiger partial charge in [0, 0.05) is 11.9 Å². The summed E-state index contributed by atoms with van der Waals surface area (Å²) in [5, 5.41) is 2.03. The van der Waals surface area contributed by atoms with Crippen molar-refractivity contribution in [1.82, 2.24) is 4.90 Å². The molecule has 0 bridgehead atoms. The fourth-order valence-electron chi connectivity index (χ4n) is 1.64. The van der Waals surface area contributed by atoms with Crippen LogP contribution in [0.4, 0.5) is 0 Å². The first-order chi connectivity index (χ1) is 7.99. The standard InChI is InChI=1S/C13H22N2OS/c1-5-9(2)12(14)13(16)15(4)10(3)11-7-6-8-17-11/h6-10,12H,5,14H2,1-4H3. The third kappa shape index (κ3) is 3.30. The van der Waals surface area contributed by atoms with Crippen LogP contribution in [0.5, 0.6) is 0 Å². The highest BCUT2D eigenvalue weighted by atomic mass is 32.1. The number of carbonyl (C=O) groups is 1. The molecule has 0 radical (unpaired) electrons. The van der Waals surface area contributed by atoms with E-state index in [0.717, 1.165) is 6.42 Å². The molecule has 0 aliphatic carbocycles. The summed E-state index contributed by atoms with van der Waals surface area (Å²) >= 11 is 1.67. The summed E-state index contributed by atoms with van der Waals surface area (Å²) in [6.45, 7) is 6.11. The number of nitrogens with two attached hydrogens (primary N) is 1. The first-order valence-corrected chi connectivity index (χ1v) is 6.92. The Bertz CT molecular complexity index is 350. The summed E-state index contributed by atoms with van der Waals surface area (Å²) in [7, 11) is 1.83. The van der Waals surface area contributed by atoms with E-state index >= 15 is 0 Å². The second kappa shape index (κ2) is 6.17. The molecule has 0 aliphatic heterocycles. The minimum atomic E-state index is -0.396. The zero-order chi connectivity index (χ0) is 13.0. The molecule has 0 spiro atoms. The van der Waals surface area contributed by atoms with Gasteiger partial charge in [-0.15, -0.1) is 11.3 Å². The van der Waals surface area contributed by atoms with Gasteiger partial charge in [-0.3, -0.25) is 4.79 Å². The molecule has 17 heavy (non-hydrogen) atoms. The van der Waals surface area contributed by atoms with Gasteiger partial charge in [0.05, 0.1) is 12.1 Å². The van der Waals surface area contributed by atoms with E-state index < -0.39 is 6.04 Å². The highest BCUT2D eigenvalue weighted by molar-refractivity contribution is 7.10. The van der Waals surface area contributed by atoms with Crippen LogP contribution in [0, 0.1) is 5.92 Å². The van der Waals surface area contributed by atoms with E-state index in [9.17, 15) is 4.79 Å². The van der Waals surface area contributed by atoms with Crippen molar-refractivity contribution in [3.63, 3.8) is 0 Å². The smallest absolute Gasteiger partial charge is 0.240 e. The Hall–Kier alpha value is -0.870. The van der Waals surface area contributed by atoms with E-state index in [1.807, 2.05) is 38.4 Å². The highest BCUT2D eigenvalue weighted by Gasteiger charge is 2.26. The third-order valence-corrected chi connectivity index (χ3v) is 4.47. The largest absolute Gasteiger partial charge is 0.337 e. The van der Waals surface area contributed by atoms with Crippen LogP contribution < -0.4 is 5.73 Å². The van der Waals surface area contributed by atoms with Crippen molar-refractivity contribution in [2.24, 2.45) is 11.7 Å². The lowest BCUT2D eigenvalue weighted by atomic mass is 9.98. The van der Waals surface area contributed by atoms with Gasteiger partial charge in [-0.05, 0) is 24.3 Å². The SMILES string of the molecule is CCC(C)C(N)C(=O)N(C)C(C)c1cccs1. The molecule has 4 heteroatoms. The molecule has 0 aromatic carbocycles. The highest BCUT2D eigenvalue weighted by Crippen LogP contribution is 2.24. The summed E-state index contributed by atoms with van der Waals surface area (Å²) < 4.78 is 0. The van der Waals surface area contributed by atoms with Crippen LogP contribution in [-0.4, -0.2) is 23.9 Å². The first kappa shape index (κ1) is 14.2. The molecule has 0 saturated carbocycles. The third-order valence-electron chi connectivity index (χ3n) is 3.43. The molecule has 1 amide bonds. The summed E-state index contributed by atoms with van der Waals surface area (Å²) in [6, 6.07) is 3.75. The second-order valence-electron chi connectivity index (χ2n) is 4.55. The van der Waals surface area contributed by atoms with Crippen molar-refractivity contribution in [2.45, 2.75) is 39.3 Å². The summed E-state index contributed by atoms with van der Waals surface area (Å²) in [5.41, 5.74) is 5.98. The van der Waals surface area contributed by atoms with Crippen LogP contribution in [-0.2, 0) is 4.79 Å². The minimum absolute atomic E-state index is 0.0280. The molecule has 96 valence electrons. The molecule has 0 saturated heterocycles. The van der Waals surface area contributed by atoms with Gasteiger partial charge < -0.3 is 10.6 Å². The van der Waals surface area contributed by atoms with E-state index in [1.54, 1.807) is 16.2 Å². The van der Waals surface area contributed by atoms with E-state index in [2.05, 4.69) is 6.92 Å². The zero-order valence-corrected chi connectivity index (χ0v) is 11.8. The average Bonchev–Trinajstić information content (AvgIpc) is 2.87. The topological polar surface area (TPSA) is 46.3 Å². The summed E-state index contributed by atoms with van der Waals surface area (Å²) in [5.74, 6) is 0.251. The normalized spacial score (nSPS) is 16.3. The van der Waals surface area contributed by atoms with Gasteiger partial charge in [-0.1, -0.05) is 26.3 Å². The number of rotatable bonds is 5. The van der Waals surface area contributed by atoms with Crippen molar-refractivity contribution >= 4 is 17.2 Å². The molecule has 3 unspecified atom stereocenters. The van der Waals surface area contributed by atoms with E-state index in [4.69, 9.17) is 5.73 Å². The van der Waals surface area contributed by atoms with Gasteiger partial charge in [0.25, 0.3) is 0 Å². The maximum Gasteiger partial charge on any atom is 0.240 e. The van der Waals surface area contributed by atoms with Gasteiger partial charge in [-0.2, -0.15) is 0 Å². The molecule has 1 aromatic heterocycles. The predicted molar refractivity (Wildman–Crippen MR) is 72.9 cm³/mol. The number of amides is 1. The number of nitrogens with zero attached hydrogens (tertiary/aromatic N) is 1. The fraction of sp³-hybridized carbons (Fsp3) is 0.615. The Morgan fingerprint density at radius 2 is 2.18 bits per heavy atom. The van der Waals surface area contributed by atoms with Crippen molar-refractivity contribution in [1.29, 1.82) is 0 Å². The van der Waals surface area contributed by atoms with Crippen LogP contribution >= 0.6 is 11.3 Å². The number of hydrogen-bond acceptors (Lipinski definition) is 3. The van der Waals surface area contributed by atoms with Gasteiger partial charge >= 0.3 is 0 Å². The molecular weight excluding hydrogens is 232 g/mol. The lowest BCUT2D eigenvalue weighted by molar-refractivity contribution is -0.134. The number of hydrogen-bond donors (Lipinski definition) is 1. The van der Waals surface area contributed by atoms with E-state index in [0.29, 0.717) is 0 Å². The second-order valence-corrected chi connectivity index (χ2v) is 5.53. The lowest BCUT2D eigenvalue weighted by Gasteiger charge is -2.29. The van der Waals surface area contributed by atoms with E-state index in [1.165, 1.54) is 4.88 Å². The molecule has 1 aromatic rings. The molecule has 1 heterocycles. The Balaban J connectivity index is 2.69. The molecule has 1 rings (SSSR count). The summed E-state index contributed by atoms with van der Waals surface area (Å²) in [6.07, 6.45) is 0.925. The number of likely N-dealkylation sites (N-methyl/N-ethyl adjacent to an activating group) is 1. The van der Waals surface area contributed by atoms with Gasteiger partial charge in [0.2, 0.25) is 5.91 Å². The maximum atomic E-state index is 12.2. The molecular formula is C13H22N2OS.